The van der Waals surface area contributed by atoms with E-state index in [9.17, 15) is 13.4 Å². The van der Waals surface area contributed by atoms with Crippen LogP contribution in [0.25, 0.3) is 11.3 Å². The van der Waals surface area contributed by atoms with Crippen LogP contribution in [0.4, 0.5) is 4.39 Å². The van der Waals surface area contributed by atoms with Crippen molar-refractivity contribution in [3.05, 3.63) is 41.9 Å². The molecule has 1 aromatic heterocycles. The van der Waals surface area contributed by atoms with Crippen molar-refractivity contribution in [2.75, 3.05) is 31.8 Å². The highest BCUT2D eigenvalue weighted by atomic mass is 32.2. The molecule has 1 aliphatic rings. The van der Waals surface area contributed by atoms with Crippen molar-refractivity contribution in [2.24, 2.45) is 5.41 Å². The monoisotopic (exact) mass is 394 g/mol. The highest BCUT2D eigenvalue weighted by Gasteiger charge is 2.41. The van der Waals surface area contributed by atoms with Gasteiger partial charge in [0.05, 0.1) is 5.41 Å². The first-order chi connectivity index (χ1) is 13.0. The van der Waals surface area contributed by atoms with Gasteiger partial charge in [0, 0.05) is 60.6 Å². The van der Waals surface area contributed by atoms with E-state index in [-0.39, 0.29) is 11.7 Å². The van der Waals surface area contributed by atoms with Gasteiger partial charge in [-0.15, -0.1) is 0 Å². The largest absolute Gasteiger partial charge is 0.381 e. The summed E-state index contributed by atoms with van der Waals surface area (Å²) in [7, 11) is -0.953. The summed E-state index contributed by atoms with van der Waals surface area (Å²) in [4.78, 5) is 12.9. The number of amides is 1. The molecule has 6 nitrogen and oxygen atoms in total. The molecule has 1 N–H and O–H groups in total. The second-order valence-corrected chi connectivity index (χ2v) is 8.34. The van der Waals surface area contributed by atoms with E-state index in [2.05, 4.69) is 10.5 Å². The van der Waals surface area contributed by atoms with Crippen LogP contribution in [0.1, 0.15) is 18.6 Å². The second-order valence-electron chi connectivity index (χ2n) is 6.79. The average Bonchev–Trinajstić information content (AvgIpc) is 3.11. The molecule has 1 saturated heterocycles. The molecule has 0 spiro atoms. The van der Waals surface area contributed by atoms with Crippen molar-refractivity contribution < 1.29 is 22.7 Å². The number of benzene rings is 1. The van der Waals surface area contributed by atoms with Crippen molar-refractivity contribution >= 4 is 16.7 Å². The minimum absolute atomic E-state index is 0.0732. The number of aromatic nitrogens is 1. The molecule has 0 radical (unpaired) electrons. The van der Waals surface area contributed by atoms with Gasteiger partial charge >= 0.3 is 0 Å². The fourth-order valence-electron chi connectivity index (χ4n) is 3.23. The Hall–Kier alpha value is -2.06. The van der Waals surface area contributed by atoms with Crippen molar-refractivity contribution in [1.82, 2.24) is 10.5 Å². The van der Waals surface area contributed by atoms with Gasteiger partial charge in [-0.3, -0.25) is 9.00 Å². The van der Waals surface area contributed by atoms with Gasteiger partial charge < -0.3 is 14.6 Å². The predicted octanol–water partition coefficient (Wildman–Crippen LogP) is 2.31. The summed E-state index contributed by atoms with van der Waals surface area (Å²) in [5.74, 6) is 0.643. The number of carbonyl (C=O) groups is 1. The number of rotatable bonds is 7. The SMILES string of the molecule is CS(=O)CCNC(=O)C1(Cc2cc(-c3ccc(F)cc3)no2)CCOCC1. The van der Waals surface area contributed by atoms with Crippen LogP contribution >= 0.6 is 0 Å². The van der Waals surface area contributed by atoms with Crippen LogP contribution in [0.15, 0.2) is 34.9 Å². The molecule has 3 rings (SSSR count). The lowest BCUT2D eigenvalue weighted by Crippen LogP contribution is -2.47. The Bertz CT molecular complexity index is 800. The van der Waals surface area contributed by atoms with Crippen LogP contribution in [-0.2, 0) is 26.8 Å². The molecule has 1 atom stereocenters. The summed E-state index contributed by atoms with van der Waals surface area (Å²) < 4.78 is 35.2. The third-order valence-electron chi connectivity index (χ3n) is 4.82. The molecule has 146 valence electrons. The number of nitrogens with zero attached hydrogens (tertiary/aromatic N) is 1. The molecule has 2 aromatic rings. The standard InChI is InChI=1S/C19H23FN2O4S/c1-27(24)11-8-21-18(23)19(6-9-25-10-7-19)13-16-12-17(22-26-16)14-2-4-15(20)5-3-14/h2-5,12H,6-11,13H2,1H3,(H,21,23). The Labute approximate surface area is 159 Å². The van der Waals surface area contributed by atoms with Crippen LogP contribution in [0.2, 0.25) is 0 Å². The Morgan fingerprint density at radius 1 is 1.30 bits per heavy atom. The number of hydrogen-bond donors (Lipinski definition) is 1. The van der Waals surface area contributed by atoms with Gasteiger partial charge in [-0.1, -0.05) is 5.16 Å². The van der Waals surface area contributed by atoms with E-state index in [0.717, 1.165) is 5.56 Å². The molecule has 0 bridgehead atoms. The van der Waals surface area contributed by atoms with E-state index in [4.69, 9.17) is 9.26 Å². The Morgan fingerprint density at radius 2 is 2.00 bits per heavy atom. The van der Waals surface area contributed by atoms with Crippen molar-refractivity contribution in [1.29, 1.82) is 0 Å². The molecule has 1 amide bonds. The maximum absolute atomic E-state index is 13.1. The van der Waals surface area contributed by atoms with E-state index in [1.165, 1.54) is 12.1 Å². The van der Waals surface area contributed by atoms with Gasteiger partial charge in [-0.05, 0) is 37.1 Å². The average molecular weight is 394 g/mol. The Morgan fingerprint density at radius 3 is 2.67 bits per heavy atom. The summed E-state index contributed by atoms with van der Waals surface area (Å²) in [5, 5.41) is 6.96. The lowest BCUT2D eigenvalue weighted by molar-refractivity contribution is -0.136. The first kappa shape index (κ1) is 19.7. The maximum Gasteiger partial charge on any atom is 0.226 e. The van der Waals surface area contributed by atoms with Crippen molar-refractivity contribution in [3.8, 4) is 11.3 Å². The van der Waals surface area contributed by atoms with Gasteiger partial charge in [0.25, 0.3) is 0 Å². The summed E-state index contributed by atoms with van der Waals surface area (Å²) in [5.41, 5.74) is 0.726. The second kappa shape index (κ2) is 8.75. The van der Waals surface area contributed by atoms with Crippen LogP contribution in [0, 0.1) is 11.2 Å². The molecule has 0 saturated carbocycles. The molecule has 1 unspecified atom stereocenters. The predicted molar refractivity (Wildman–Crippen MR) is 100 cm³/mol. The van der Waals surface area contributed by atoms with E-state index < -0.39 is 16.2 Å². The van der Waals surface area contributed by atoms with E-state index in [1.807, 2.05) is 0 Å². The Kier molecular flexibility index (Phi) is 6.38. The van der Waals surface area contributed by atoms with Crippen molar-refractivity contribution in [2.45, 2.75) is 19.3 Å². The first-order valence-electron chi connectivity index (χ1n) is 8.86. The summed E-state index contributed by atoms with van der Waals surface area (Å²) in [6, 6.07) is 7.81. The summed E-state index contributed by atoms with van der Waals surface area (Å²) in [6.45, 7) is 1.39. The minimum Gasteiger partial charge on any atom is -0.381 e. The van der Waals surface area contributed by atoms with E-state index in [0.29, 0.717) is 56.2 Å². The summed E-state index contributed by atoms with van der Waals surface area (Å²) >= 11 is 0. The Balaban J connectivity index is 1.73. The molecule has 1 aromatic carbocycles. The van der Waals surface area contributed by atoms with Gasteiger partial charge in [-0.2, -0.15) is 0 Å². The normalized spacial score (nSPS) is 17.4. The zero-order valence-electron chi connectivity index (χ0n) is 15.2. The highest BCUT2D eigenvalue weighted by molar-refractivity contribution is 7.84. The highest BCUT2D eigenvalue weighted by Crippen LogP contribution is 2.35. The molecule has 1 aliphatic heterocycles. The van der Waals surface area contributed by atoms with Gasteiger partial charge in [0.15, 0.2) is 0 Å². The number of nitrogens with one attached hydrogen (secondary N) is 1. The number of hydrogen-bond acceptors (Lipinski definition) is 5. The van der Waals surface area contributed by atoms with Gasteiger partial charge in [0.2, 0.25) is 5.91 Å². The van der Waals surface area contributed by atoms with Crippen LogP contribution in [0.5, 0.6) is 0 Å². The zero-order chi connectivity index (χ0) is 19.3. The first-order valence-corrected chi connectivity index (χ1v) is 10.6. The third kappa shape index (κ3) is 5.01. The zero-order valence-corrected chi connectivity index (χ0v) is 16.0. The number of ether oxygens (including phenoxy) is 1. The third-order valence-corrected chi connectivity index (χ3v) is 5.60. The molecule has 2 heterocycles. The maximum atomic E-state index is 13.1. The lowest BCUT2D eigenvalue weighted by atomic mass is 9.75. The molecule has 0 aliphatic carbocycles. The fourth-order valence-corrected chi connectivity index (χ4v) is 3.62. The minimum atomic E-state index is -0.953. The fraction of sp³-hybridized carbons (Fsp3) is 0.474. The van der Waals surface area contributed by atoms with E-state index >= 15 is 0 Å². The molecular weight excluding hydrogens is 371 g/mol. The van der Waals surface area contributed by atoms with Crippen LogP contribution in [0.3, 0.4) is 0 Å². The molecular formula is C19H23FN2O4S. The smallest absolute Gasteiger partial charge is 0.226 e. The van der Waals surface area contributed by atoms with Crippen LogP contribution < -0.4 is 5.32 Å². The molecule has 27 heavy (non-hydrogen) atoms. The molecule has 8 heteroatoms. The van der Waals surface area contributed by atoms with Crippen LogP contribution in [-0.4, -0.2) is 47.0 Å². The summed E-state index contributed by atoms with van der Waals surface area (Å²) in [6.07, 6.45) is 3.19. The quantitative estimate of drug-likeness (QED) is 0.779. The van der Waals surface area contributed by atoms with Gasteiger partial charge in [0.1, 0.15) is 17.3 Å². The van der Waals surface area contributed by atoms with Crippen molar-refractivity contribution in [3.63, 3.8) is 0 Å². The number of carbonyl (C=O) groups excluding carboxylic acids is 1. The molecule has 1 fully saturated rings. The van der Waals surface area contributed by atoms with E-state index in [1.54, 1.807) is 24.5 Å². The number of halogens is 1. The lowest BCUT2D eigenvalue weighted by Gasteiger charge is -2.35. The topological polar surface area (TPSA) is 81.4 Å². The van der Waals surface area contributed by atoms with Gasteiger partial charge in [-0.25, -0.2) is 4.39 Å².